The molecule has 4 heteroatoms. The molecule has 0 aromatic heterocycles. The van der Waals surface area contributed by atoms with Crippen LogP contribution in [0, 0.1) is 0 Å². The lowest BCUT2D eigenvalue weighted by Crippen LogP contribution is -2.22. The fourth-order valence-corrected chi connectivity index (χ4v) is 5.75. The first-order chi connectivity index (χ1) is 20.5. The van der Waals surface area contributed by atoms with E-state index in [2.05, 4.69) is 139 Å². The fraction of sp³-hybridized carbons (Fsp3) is 0.385. The first kappa shape index (κ1) is 29.5. The summed E-state index contributed by atoms with van der Waals surface area (Å²) in [5, 5.41) is 0. The van der Waals surface area contributed by atoms with E-state index in [1.807, 2.05) is 0 Å². The summed E-state index contributed by atoms with van der Waals surface area (Å²) in [7, 11) is 0. The third kappa shape index (κ3) is 6.51. The van der Waals surface area contributed by atoms with Gasteiger partial charge in [0.25, 0.3) is 0 Å². The molecular weight excluding hydrogens is 532 g/mol. The molecule has 2 atom stereocenters. The van der Waals surface area contributed by atoms with Crippen LogP contribution in [0.3, 0.4) is 0 Å². The van der Waals surface area contributed by atoms with Crippen molar-refractivity contribution in [3.05, 3.63) is 130 Å². The van der Waals surface area contributed by atoms with Crippen molar-refractivity contribution >= 4 is 0 Å². The van der Waals surface area contributed by atoms with Crippen LogP contribution in [-0.4, -0.2) is 38.6 Å². The van der Waals surface area contributed by atoms with E-state index in [0.29, 0.717) is 13.2 Å². The van der Waals surface area contributed by atoms with Crippen molar-refractivity contribution < 1.29 is 18.9 Å². The molecule has 2 saturated heterocycles. The molecule has 0 amide bonds. The molecule has 0 radical (unpaired) electrons. The van der Waals surface area contributed by atoms with Crippen LogP contribution in [0.2, 0.25) is 0 Å². The van der Waals surface area contributed by atoms with Crippen molar-refractivity contribution in [2.45, 2.75) is 70.0 Å². The Bertz CT molecular complexity index is 1390. The summed E-state index contributed by atoms with van der Waals surface area (Å²) in [6.45, 7) is 16.6. The van der Waals surface area contributed by atoms with Crippen molar-refractivity contribution in [1.29, 1.82) is 0 Å². The first-order valence-corrected chi connectivity index (χ1v) is 15.5. The van der Waals surface area contributed by atoms with Gasteiger partial charge in [-0.05, 0) is 57.6 Å². The fourth-order valence-electron chi connectivity index (χ4n) is 5.75. The molecule has 4 nitrogen and oxygen atoms in total. The van der Waals surface area contributed by atoms with E-state index in [-0.39, 0.29) is 28.5 Å². The maximum atomic E-state index is 5.83. The second-order valence-electron chi connectivity index (χ2n) is 13.6. The zero-order valence-electron chi connectivity index (χ0n) is 26.4. The Hall–Kier alpha value is -3.60. The predicted octanol–water partition coefficient (Wildman–Crippen LogP) is 8.22. The lowest BCUT2D eigenvalue weighted by molar-refractivity contribution is 0.263. The maximum Gasteiger partial charge on any atom is 0.119 e. The van der Waals surface area contributed by atoms with Gasteiger partial charge in [-0.1, -0.05) is 114 Å². The molecule has 4 aromatic rings. The van der Waals surface area contributed by atoms with Gasteiger partial charge in [0.2, 0.25) is 0 Å². The van der Waals surface area contributed by atoms with Crippen LogP contribution in [0.15, 0.2) is 97.1 Å². The second kappa shape index (κ2) is 11.5. The van der Waals surface area contributed by atoms with Gasteiger partial charge in [0, 0.05) is 16.2 Å². The van der Waals surface area contributed by atoms with E-state index in [4.69, 9.17) is 18.9 Å². The van der Waals surface area contributed by atoms with Crippen molar-refractivity contribution in [3.63, 3.8) is 0 Å². The number of hydrogen-bond donors (Lipinski definition) is 0. The van der Waals surface area contributed by atoms with Crippen molar-refractivity contribution in [2.24, 2.45) is 0 Å². The lowest BCUT2D eigenvalue weighted by atomic mass is 9.73. The average molecular weight is 577 g/mol. The van der Waals surface area contributed by atoms with Crippen LogP contribution in [0.5, 0.6) is 11.5 Å². The summed E-state index contributed by atoms with van der Waals surface area (Å²) in [5.41, 5.74) is 7.36. The Morgan fingerprint density at radius 3 is 0.860 bits per heavy atom. The lowest BCUT2D eigenvalue weighted by Gasteiger charge is -2.31. The quantitative estimate of drug-likeness (QED) is 0.159. The van der Waals surface area contributed by atoms with Crippen LogP contribution in [0.1, 0.15) is 74.9 Å². The van der Waals surface area contributed by atoms with E-state index < -0.39 is 0 Å². The van der Waals surface area contributed by atoms with Crippen LogP contribution in [0.25, 0.3) is 0 Å². The second-order valence-corrected chi connectivity index (χ2v) is 13.6. The summed E-state index contributed by atoms with van der Waals surface area (Å²) < 4.78 is 22.2. The summed E-state index contributed by atoms with van der Waals surface area (Å²) in [5.74, 6) is 1.79. The minimum atomic E-state index is -0.125. The number of benzene rings is 4. The third-order valence-electron chi connectivity index (χ3n) is 9.49. The summed E-state index contributed by atoms with van der Waals surface area (Å²) in [6.07, 6.45) is 0.528. The average Bonchev–Trinajstić information content (AvgIpc) is 3.96. The van der Waals surface area contributed by atoms with Crippen LogP contribution < -0.4 is 9.47 Å². The summed E-state index contributed by atoms with van der Waals surface area (Å²) >= 11 is 0. The molecule has 0 aliphatic carbocycles. The highest BCUT2D eigenvalue weighted by atomic mass is 16.6. The molecule has 4 aromatic carbocycles. The van der Waals surface area contributed by atoms with Gasteiger partial charge >= 0.3 is 0 Å². The van der Waals surface area contributed by atoms with Gasteiger partial charge in [-0.3, -0.25) is 0 Å². The van der Waals surface area contributed by atoms with Gasteiger partial charge in [0.15, 0.2) is 0 Å². The Labute approximate surface area is 257 Å². The van der Waals surface area contributed by atoms with Crippen molar-refractivity contribution in [3.8, 4) is 11.5 Å². The molecule has 2 aliphatic heterocycles. The number of hydrogen-bond acceptors (Lipinski definition) is 4. The highest BCUT2D eigenvalue weighted by Gasteiger charge is 2.29. The van der Waals surface area contributed by atoms with Gasteiger partial charge in [-0.15, -0.1) is 0 Å². The largest absolute Gasteiger partial charge is 0.491 e. The first-order valence-electron chi connectivity index (χ1n) is 15.5. The normalized spacial score (nSPS) is 18.3. The topological polar surface area (TPSA) is 43.5 Å². The molecule has 2 unspecified atom stereocenters. The predicted molar refractivity (Wildman–Crippen MR) is 173 cm³/mol. The van der Waals surface area contributed by atoms with Crippen molar-refractivity contribution in [1.82, 2.24) is 0 Å². The van der Waals surface area contributed by atoms with E-state index in [1.165, 1.54) is 33.4 Å². The maximum absolute atomic E-state index is 5.83. The minimum absolute atomic E-state index is 0.121. The van der Waals surface area contributed by atoms with E-state index in [9.17, 15) is 0 Å². The van der Waals surface area contributed by atoms with E-state index in [0.717, 1.165) is 24.7 Å². The molecule has 0 N–H and O–H groups in total. The molecule has 224 valence electrons. The van der Waals surface area contributed by atoms with Gasteiger partial charge in [0.05, 0.1) is 13.2 Å². The van der Waals surface area contributed by atoms with Crippen LogP contribution in [-0.2, 0) is 25.7 Å². The summed E-state index contributed by atoms with van der Waals surface area (Å²) in [4.78, 5) is 0. The van der Waals surface area contributed by atoms with E-state index >= 15 is 0 Å². The van der Waals surface area contributed by atoms with Crippen molar-refractivity contribution in [2.75, 3.05) is 26.4 Å². The highest BCUT2D eigenvalue weighted by molar-refractivity contribution is 5.46. The molecule has 2 fully saturated rings. The van der Waals surface area contributed by atoms with E-state index in [1.54, 1.807) is 0 Å². The Balaban J connectivity index is 1.13. The summed E-state index contributed by atoms with van der Waals surface area (Å²) in [6, 6.07) is 35.3. The number of ether oxygens (including phenoxy) is 4. The Kier molecular flexibility index (Phi) is 7.87. The molecule has 0 saturated carbocycles. The molecule has 2 heterocycles. The minimum Gasteiger partial charge on any atom is -0.491 e. The Morgan fingerprint density at radius 1 is 0.442 bits per heavy atom. The highest BCUT2D eigenvalue weighted by Crippen LogP contribution is 2.38. The third-order valence-corrected chi connectivity index (χ3v) is 9.49. The van der Waals surface area contributed by atoms with Crippen LogP contribution >= 0.6 is 0 Å². The molecule has 0 bridgehead atoms. The Morgan fingerprint density at radius 2 is 0.651 bits per heavy atom. The zero-order chi connectivity index (χ0) is 30.2. The molecule has 0 spiro atoms. The van der Waals surface area contributed by atoms with Gasteiger partial charge < -0.3 is 18.9 Å². The monoisotopic (exact) mass is 576 g/mol. The number of epoxide rings is 2. The molecular formula is C39H44O4. The van der Waals surface area contributed by atoms with Gasteiger partial charge in [0.1, 0.15) is 36.9 Å². The standard InChI is InChI=1S/C39H44O4/c1-37(2,27-7-11-29(12-8-27)38(3,4)31-15-19-33(20-16-31)40-23-35-25-42-35)28-9-13-30(14-10-28)39(5,6)32-17-21-34(22-18-32)41-24-36-26-43-36/h7-22,35-36H,23-26H2,1-6H3. The zero-order valence-corrected chi connectivity index (χ0v) is 26.4. The van der Waals surface area contributed by atoms with Gasteiger partial charge in [-0.2, -0.15) is 0 Å². The van der Waals surface area contributed by atoms with Crippen LogP contribution in [0.4, 0.5) is 0 Å². The molecule has 43 heavy (non-hydrogen) atoms. The number of rotatable bonds is 12. The smallest absolute Gasteiger partial charge is 0.119 e. The molecule has 2 aliphatic rings. The SMILES string of the molecule is CC(C)(c1ccc(OCC2CO2)cc1)c1ccc(C(C)(C)c2ccc(C(C)(C)c3ccc(OCC4CO4)cc3)cc2)cc1. The molecule has 6 rings (SSSR count). The van der Waals surface area contributed by atoms with Gasteiger partial charge in [-0.25, -0.2) is 0 Å².